The standard InChI is InChI=1S/C21H26N2O2S/c1-22(2)16-17-8-10-19(11-9-17)26-20-12-14-23(15-13-20)21(24)25-18-6-4-3-5-7-18/h3-11,20H,12-16H2,1-2H3. The molecular formula is C21H26N2O2S. The summed E-state index contributed by atoms with van der Waals surface area (Å²) < 4.78 is 5.43. The lowest BCUT2D eigenvalue weighted by atomic mass is 10.1. The second-order valence-electron chi connectivity index (χ2n) is 6.87. The number of thioether (sulfide) groups is 1. The van der Waals surface area contributed by atoms with E-state index < -0.39 is 0 Å². The first-order chi connectivity index (χ1) is 12.6. The number of rotatable bonds is 5. The minimum atomic E-state index is -0.243. The molecule has 2 aromatic rings. The minimum Gasteiger partial charge on any atom is -0.410 e. The van der Waals surface area contributed by atoms with Crippen LogP contribution in [0.1, 0.15) is 18.4 Å². The van der Waals surface area contributed by atoms with Gasteiger partial charge in [0, 0.05) is 29.8 Å². The van der Waals surface area contributed by atoms with E-state index in [9.17, 15) is 4.79 Å². The Balaban J connectivity index is 1.45. The summed E-state index contributed by atoms with van der Waals surface area (Å²) in [6, 6.07) is 18.1. The number of piperidine rings is 1. The van der Waals surface area contributed by atoms with Crippen molar-refractivity contribution in [2.75, 3.05) is 27.2 Å². The van der Waals surface area contributed by atoms with Crippen LogP contribution < -0.4 is 4.74 Å². The Labute approximate surface area is 160 Å². The van der Waals surface area contributed by atoms with Crippen LogP contribution in [0, 0.1) is 0 Å². The van der Waals surface area contributed by atoms with Crippen LogP contribution in [0.25, 0.3) is 0 Å². The van der Waals surface area contributed by atoms with Gasteiger partial charge in [-0.25, -0.2) is 4.79 Å². The number of benzene rings is 2. The minimum absolute atomic E-state index is 0.243. The summed E-state index contributed by atoms with van der Waals surface area (Å²) in [6.45, 7) is 2.47. The smallest absolute Gasteiger partial charge is 0.410 e. The van der Waals surface area contributed by atoms with Crippen LogP contribution in [0.3, 0.4) is 0 Å². The van der Waals surface area contributed by atoms with E-state index in [2.05, 4.69) is 43.3 Å². The molecule has 3 rings (SSSR count). The van der Waals surface area contributed by atoms with Gasteiger partial charge in [0.1, 0.15) is 5.75 Å². The van der Waals surface area contributed by atoms with E-state index in [0.29, 0.717) is 11.0 Å². The van der Waals surface area contributed by atoms with Gasteiger partial charge >= 0.3 is 6.09 Å². The van der Waals surface area contributed by atoms with Gasteiger partial charge in [-0.1, -0.05) is 30.3 Å². The molecule has 1 aliphatic rings. The summed E-state index contributed by atoms with van der Waals surface area (Å²) in [6.07, 6.45) is 1.75. The molecule has 0 spiro atoms. The van der Waals surface area contributed by atoms with Gasteiger partial charge in [-0.3, -0.25) is 0 Å². The molecular weight excluding hydrogens is 344 g/mol. The molecule has 26 heavy (non-hydrogen) atoms. The van der Waals surface area contributed by atoms with E-state index in [0.717, 1.165) is 32.5 Å². The van der Waals surface area contributed by atoms with Gasteiger partial charge in [-0.05, 0) is 56.8 Å². The highest BCUT2D eigenvalue weighted by molar-refractivity contribution is 8.00. The van der Waals surface area contributed by atoms with Crippen molar-refractivity contribution in [1.82, 2.24) is 9.80 Å². The average molecular weight is 371 g/mol. The number of carbonyl (C=O) groups excluding carboxylic acids is 1. The molecule has 0 unspecified atom stereocenters. The lowest BCUT2D eigenvalue weighted by Crippen LogP contribution is -2.40. The molecule has 0 saturated carbocycles. The van der Waals surface area contributed by atoms with Crippen molar-refractivity contribution < 1.29 is 9.53 Å². The van der Waals surface area contributed by atoms with E-state index in [1.54, 1.807) is 12.1 Å². The molecule has 2 aromatic carbocycles. The molecule has 1 heterocycles. The van der Waals surface area contributed by atoms with Crippen LogP contribution in [0.5, 0.6) is 5.75 Å². The Morgan fingerprint density at radius 2 is 1.73 bits per heavy atom. The lowest BCUT2D eigenvalue weighted by molar-refractivity contribution is 0.143. The van der Waals surface area contributed by atoms with E-state index in [-0.39, 0.29) is 6.09 Å². The summed E-state index contributed by atoms with van der Waals surface area (Å²) in [7, 11) is 4.17. The molecule has 0 atom stereocenters. The molecule has 0 N–H and O–H groups in total. The Hall–Kier alpha value is -1.98. The van der Waals surface area contributed by atoms with Crippen LogP contribution in [0.4, 0.5) is 4.79 Å². The van der Waals surface area contributed by atoms with Crippen LogP contribution in [-0.2, 0) is 6.54 Å². The van der Waals surface area contributed by atoms with Gasteiger partial charge in [0.15, 0.2) is 0 Å². The van der Waals surface area contributed by atoms with E-state index in [1.165, 1.54) is 10.5 Å². The maximum Gasteiger partial charge on any atom is 0.415 e. The fourth-order valence-corrected chi connectivity index (χ4v) is 4.17. The number of carbonyl (C=O) groups is 1. The summed E-state index contributed by atoms with van der Waals surface area (Å²) in [5, 5.41) is 0.551. The number of hydrogen-bond acceptors (Lipinski definition) is 4. The van der Waals surface area contributed by atoms with Crippen LogP contribution in [-0.4, -0.2) is 48.3 Å². The van der Waals surface area contributed by atoms with Crippen LogP contribution in [0.2, 0.25) is 0 Å². The molecule has 1 fully saturated rings. The lowest BCUT2D eigenvalue weighted by Gasteiger charge is -2.30. The molecule has 1 saturated heterocycles. The van der Waals surface area contributed by atoms with Crippen molar-refractivity contribution in [3.63, 3.8) is 0 Å². The highest BCUT2D eigenvalue weighted by Gasteiger charge is 2.24. The topological polar surface area (TPSA) is 32.8 Å². The molecule has 0 aromatic heterocycles. The summed E-state index contributed by atoms with van der Waals surface area (Å²) >= 11 is 1.92. The largest absolute Gasteiger partial charge is 0.415 e. The molecule has 1 aliphatic heterocycles. The highest BCUT2D eigenvalue weighted by Crippen LogP contribution is 2.31. The number of likely N-dealkylation sites (tertiary alicyclic amines) is 1. The second-order valence-corrected chi connectivity index (χ2v) is 8.24. The monoisotopic (exact) mass is 370 g/mol. The van der Waals surface area contributed by atoms with Gasteiger partial charge in [0.25, 0.3) is 0 Å². The van der Waals surface area contributed by atoms with Gasteiger partial charge in [0.05, 0.1) is 0 Å². The molecule has 5 heteroatoms. The number of para-hydroxylation sites is 1. The van der Waals surface area contributed by atoms with Crippen molar-refractivity contribution in [2.45, 2.75) is 29.5 Å². The maximum atomic E-state index is 12.3. The third kappa shape index (κ3) is 5.51. The van der Waals surface area contributed by atoms with Crippen LogP contribution >= 0.6 is 11.8 Å². The van der Waals surface area contributed by atoms with Crippen molar-refractivity contribution in [2.24, 2.45) is 0 Å². The third-order valence-corrected chi connectivity index (χ3v) is 5.72. The van der Waals surface area contributed by atoms with Crippen molar-refractivity contribution in [3.8, 4) is 5.75 Å². The molecule has 1 amide bonds. The van der Waals surface area contributed by atoms with E-state index in [4.69, 9.17) is 4.74 Å². The Morgan fingerprint density at radius 3 is 2.35 bits per heavy atom. The van der Waals surface area contributed by atoms with Crippen LogP contribution in [0.15, 0.2) is 59.5 Å². The first kappa shape index (κ1) is 18.8. The second kappa shape index (κ2) is 9.10. The molecule has 0 radical (unpaired) electrons. The number of nitrogens with zero attached hydrogens (tertiary/aromatic N) is 2. The zero-order valence-corrected chi connectivity index (χ0v) is 16.2. The first-order valence-corrected chi connectivity index (χ1v) is 9.90. The number of hydrogen-bond donors (Lipinski definition) is 0. The number of amides is 1. The normalized spacial score (nSPS) is 15.3. The van der Waals surface area contributed by atoms with Gasteiger partial charge in [0.2, 0.25) is 0 Å². The molecule has 4 nitrogen and oxygen atoms in total. The zero-order valence-electron chi connectivity index (χ0n) is 15.4. The Morgan fingerprint density at radius 1 is 1.08 bits per heavy atom. The molecule has 138 valence electrons. The number of ether oxygens (including phenoxy) is 1. The van der Waals surface area contributed by atoms with Crippen molar-refractivity contribution in [3.05, 3.63) is 60.2 Å². The Bertz CT molecular complexity index is 696. The Kier molecular flexibility index (Phi) is 6.58. The molecule has 0 aliphatic carbocycles. The summed E-state index contributed by atoms with van der Waals surface area (Å²) in [5.41, 5.74) is 1.33. The fourth-order valence-electron chi connectivity index (χ4n) is 3.04. The third-order valence-electron chi connectivity index (χ3n) is 4.37. The van der Waals surface area contributed by atoms with E-state index in [1.807, 2.05) is 34.9 Å². The van der Waals surface area contributed by atoms with Gasteiger partial charge in [-0.2, -0.15) is 0 Å². The van der Waals surface area contributed by atoms with Crippen molar-refractivity contribution >= 4 is 17.9 Å². The van der Waals surface area contributed by atoms with Crippen molar-refractivity contribution in [1.29, 1.82) is 0 Å². The molecule has 0 bridgehead atoms. The zero-order chi connectivity index (χ0) is 18.4. The van der Waals surface area contributed by atoms with Gasteiger partial charge in [-0.15, -0.1) is 11.8 Å². The predicted octanol–water partition coefficient (Wildman–Crippen LogP) is 4.50. The van der Waals surface area contributed by atoms with Gasteiger partial charge < -0.3 is 14.5 Å². The fraction of sp³-hybridized carbons (Fsp3) is 0.381. The average Bonchev–Trinajstić information content (AvgIpc) is 2.64. The predicted molar refractivity (Wildman–Crippen MR) is 107 cm³/mol. The first-order valence-electron chi connectivity index (χ1n) is 9.02. The highest BCUT2D eigenvalue weighted by atomic mass is 32.2. The summed E-state index contributed by atoms with van der Waals surface area (Å²) in [5.74, 6) is 0.604. The SMILES string of the molecule is CN(C)Cc1ccc(SC2CCN(C(=O)Oc3ccccc3)CC2)cc1. The van der Waals surface area contributed by atoms with E-state index >= 15 is 0 Å². The maximum absolute atomic E-state index is 12.3. The quantitative estimate of drug-likeness (QED) is 0.776. The summed E-state index contributed by atoms with van der Waals surface area (Å²) in [4.78, 5) is 17.5.